The summed E-state index contributed by atoms with van der Waals surface area (Å²) in [6.07, 6.45) is 4.25. The summed E-state index contributed by atoms with van der Waals surface area (Å²) in [5.74, 6) is -2.26. The minimum atomic E-state index is -1.18. The van der Waals surface area contributed by atoms with Gasteiger partial charge < -0.3 is 25.6 Å². The van der Waals surface area contributed by atoms with Crippen LogP contribution in [0.15, 0.2) is 12.2 Å². The van der Waals surface area contributed by atoms with Crippen molar-refractivity contribution in [3.8, 4) is 0 Å². The molecule has 0 radical (unpaired) electrons. The van der Waals surface area contributed by atoms with Crippen LogP contribution in [0.25, 0.3) is 0 Å². The van der Waals surface area contributed by atoms with E-state index in [2.05, 4.69) is 10.6 Å². The van der Waals surface area contributed by atoms with Gasteiger partial charge in [0.15, 0.2) is 0 Å². The van der Waals surface area contributed by atoms with Crippen LogP contribution in [-0.4, -0.2) is 59.0 Å². The largest absolute Gasteiger partial charge is 0.481 e. The fourth-order valence-corrected chi connectivity index (χ4v) is 3.73. The van der Waals surface area contributed by atoms with Gasteiger partial charge in [0, 0.05) is 18.5 Å². The maximum atomic E-state index is 11.4. The number of hydrogen-bond acceptors (Lipinski definition) is 5. The molecule has 2 saturated heterocycles. The summed E-state index contributed by atoms with van der Waals surface area (Å²) < 4.78 is 5.97. The highest BCUT2D eigenvalue weighted by atomic mass is 16.5. The number of hydrogen-bond donors (Lipinski definition) is 4. The van der Waals surface area contributed by atoms with Gasteiger partial charge in [-0.25, -0.2) is 0 Å². The maximum absolute atomic E-state index is 11.4. The van der Waals surface area contributed by atoms with E-state index in [0.29, 0.717) is 6.54 Å². The minimum absolute atomic E-state index is 0.0371. The molecule has 0 saturated carbocycles. The molecule has 0 aromatic carbocycles. The zero-order valence-corrected chi connectivity index (χ0v) is 10.9. The molecule has 7 nitrogen and oxygen atoms in total. The van der Waals surface area contributed by atoms with E-state index in [9.17, 15) is 14.7 Å². The van der Waals surface area contributed by atoms with Gasteiger partial charge in [0.2, 0.25) is 0 Å². The van der Waals surface area contributed by atoms with Gasteiger partial charge in [-0.15, -0.1) is 0 Å². The normalized spacial score (nSPS) is 42.8. The van der Waals surface area contributed by atoms with Crippen molar-refractivity contribution in [1.29, 1.82) is 0 Å². The standard InChI is InChI=1S/C13H18N2O5/c16-9(17)5-13-7(6-15-11(13)12(18)19)10-8(20-13)3-1-2-4-14-10/h1,3,7-8,10-11,14-15H,2,4-6H2,(H,16,17)(H,18,19)/t7-,8-,10-,11-,13+/m0/s1. The lowest BCUT2D eigenvalue weighted by Crippen LogP contribution is -2.52. The van der Waals surface area contributed by atoms with E-state index in [1.807, 2.05) is 12.2 Å². The predicted molar refractivity (Wildman–Crippen MR) is 68.3 cm³/mol. The molecule has 3 heterocycles. The van der Waals surface area contributed by atoms with E-state index in [1.54, 1.807) is 0 Å². The maximum Gasteiger partial charge on any atom is 0.323 e. The van der Waals surface area contributed by atoms with E-state index in [1.165, 1.54) is 0 Å². The number of nitrogens with one attached hydrogen (secondary N) is 2. The van der Waals surface area contributed by atoms with Crippen molar-refractivity contribution in [2.45, 2.75) is 36.6 Å². The van der Waals surface area contributed by atoms with Crippen LogP contribution < -0.4 is 10.6 Å². The van der Waals surface area contributed by atoms with Gasteiger partial charge in [-0.3, -0.25) is 9.59 Å². The van der Waals surface area contributed by atoms with Crippen molar-refractivity contribution in [2.75, 3.05) is 13.1 Å². The molecule has 0 spiro atoms. The SMILES string of the molecule is O=C(O)C[C@@]12O[C@H]3C=CCCN[C@H]3[C@@H]1CN[C@H]2C(=O)O. The third kappa shape index (κ3) is 1.93. The monoisotopic (exact) mass is 282 g/mol. The zero-order chi connectivity index (χ0) is 14.3. The summed E-state index contributed by atoms with van der Waals surface area (Å²) in [6, 6.07) is -1.02. The average Bonchev–Trinajstić information content (AvgIpc) is 2.72. The first-order valence-electron chi connectivity index (χ1n) is 6.80. The van der Waals surface area contributed by atoms with Gasteiger partial charge in [0.25, 0.3) is 0 Å². The summed E-state index contributed by atoms with van der Waals surface area (Å²) in [5.41, 5.74) is -1.18. The van der Waals surface area contributed by atoms with Gasteiger partial charge in [0.1, 0.15) is 11.6 Å². The molecule has 5 atom stereocenters. The molecule has 0 aromatic rings. The molecule has 7 heteroatoms. The Bertz CT molecular complexity index is 466. The number of carboxylic acids is 2. The van der Waals surface area contributed by atoms with Crippen LogP contribution in [0.1, 0.15) is 12.8 Å². The summed E-state index contributed by atoms with van der Waals surface area (Å²) in [4.78, 5) is 22.6. The Balaban J connectivity index is 1.97. The second-order valence-electron chi connectivity index (χ2n) is 5.59. The third-order valence-electron chi connectivity index (χ3n) is 4.49. The van der Waals surface area contributed by atoms with Crippen LogP contribution in [-0.2, 0) is 14.3 Å². The molecule has 2 fully saturated rings. The molecule has 0 bridgehead atoms. The predicted octanol–water partition coefficient (Wildman–Crippen LogP) is -0.811. The quantitative estimate of drug-likeness (QED) is 0.501. The summed E-state index contributed by atoms with van der Waals surface area (Å²) in [7, 11) is 0. The number of rotatable bonds is 3. The lowest BCUT2D eigenvalue weighted by atomic mass is 9.80. The Morgan fingerprint density at radius 2 is 2.15 bits per heavy atom. The highest BCUT2D eigenvalue weighted by molar-refractivity contribution is 5.79. The highest BCUT2D eigenvalue weighted by Gasteiger charge is 2.64. The van der Waals surface area contributed by atoms with Crippen molar-refractivity contribution in [1.82, 2.24) is 10.6 Å². The molecule has 3 rings (SSSR count). The van der Waals surface area contributed by atoms with Crippen molar-refractivity contribution < 1.29 is 24.5 Å². The first-order chi connectivity index (χ1) is 9.54. The molecule has 20 heavy (non-hydrogen) atoms. The highest BCUT2D eigenvalue weighted by Crippen LogP contribution is 2.45. The van der Waals surface area contributed by atoms with Gasteiger partial charge in [-0.1, -0.05) is 12.2 Å². The van der Waals surface area contributed by atoms with Crippen LogP contribution in [0.2, 0.25) is 0 Å². The summed E-state index contributed by atoms with van der Waals surface area (Å²) >= 11 is 0. The Labute approximate surface area is 116 Å². The molecule has 0 unspecified atom stereocenters. The Morgan fingerprint density at radius 3 is 2.85 bits per heavy atom. The van der Waals surface area contributed by atoms with E-state index < -0.39 is 23.6 Å². The van der Waals surface area contributed by atoms with E-state index in [4.69, 9.17) is 9.84 Å². The topological polar surface area (TPSA) is 108 Å². The van der Waals surface area contributed by atoms with E-state index in [0.717, 1.165) is 13.0 Å². The lowest BCUT2D eigenvalue weighted by Gasteiger charge is -2.31. The number of carbonyl (C=O) groups is 2. The molecule has 0 amide bonds. The molecule has 3 aliphatic heterocycles. The number of aliphatic carboxylic acids is 2. The first kappa shape index (κ1) is 13.5. The van der Waals surface area contributed by atoms with E-state index in [-0.39, 0.29) is 24.5 Å². The fraction of sp³-hybridized carbons (Fsp3) is 0.692. The molecule has 0 aromatic heterocycles. The Morgan fingerprint density at radius 1 is 1.35 bits per heavy atom. The molecular weight excluding hydrogens is 264 g/mol. The van der Waals surface area contributed by atoms with Crippen LogP contribution in [0.4, 0.5) is 0 Å². The zero-order valence-electron chi connectivity index (χ0n) is 10.9. The number of fused-ring (bicyclic) bond motifs is 3. The second-order valence-corrected chi connectivity index (χ2v) is 5.59. The van der Waals surface area contributed by atoms with Crippen LogP contribution in [0, 0.1) is 5.92 Å². The smallest absolute Gasteiger partial charge is 0.323 e. The van der Waals surface area contributed by atoms with Gasteiger partial charge in [-0.2, -0.15) is 0 Å². The van der Waals surface area contributed by atoms with E-state index >= 15 is 0 Å². The summed E-state index contributed by atoms with van der Waals surface area (Å²) in [5, 5.41) is 24.8. The molecular formula is C13H18N2O5. The molecule has 3 aliphatic rings. The molecule has 4 N–H and O–H groups in total. The van der Waals surface area contributed by atoms with Crippen molar-refractivity contribution >= 4 is 11.9 Å². The first-order valence-corrected chi connectivity index (χ1v) is 6.80. The van der Waals surface area contributed by atoms with Crippen molar-refractivity contribution in [3.63, 3.8) is 0 Å². The third-order valence-corrected chi connectivity index (χ3v) is 4.49. The van der Waals surface area contributed by atoms with Crippen LogP contribution in [0.5, 0.6) is 0 Å². The number of carboxylic acid groups (broad SMARTS) is 2. The van der Waals surface area contributed by atoms with Crippen molar-refractivity contribution in [3.05, 3.63) is 12.2 Å². The van der Waals surface area contributed by atoms with Gasteiger partial charge >= 0.3 is 11.9 Å². The Hall–Kier alpha value is -1.44. The van der Waals surface area contributed by atoms with Gasteiger partial charge in [-0.05, 0) is 13.0 Å². The molecule has 0 aliphatic carbocycles. The fourth-order valence-electron chi connectivity index (χ4n) is 3.73. The lowest BCUT2D eigenvalue weighted by molar-refractivity contribution is -0.155. The van der Waals surface area contributed by atoms with Crippen molar-refractivity contribution in [2.24, 2.45) is 5.92 Å². The second kappa shape index (κ2) is 4.83. The Kier molecular flexibility index (Phi) is 3.27. The molecule has 110 valence electrons. The number of ether oxygens (including phenoxy) is 1. The summed E-state index contributed by atoms with van der Waals surface area (Å²) in [6.45, 7) is 1.24. The minimum Gasteiger partial charge on any atom is -0.481 e. The van der Waals surface area contributed by atoms with Gasteiger partial charge in [0.05, 0.1) is 12.5 Å². The van der Waals surface area contributed by atoms with Crippen LogP contribution >= 0.6 is 0 Å². The van der Waals surface area contributed by atoms with Crippen LogP contribution in [0.3, 0.4) is 0 Å². The average molecular weight is 282 g/mol.